The number of hydrogen-bond donors (Lipinski definition) is 0. The zero-order valence-corrected chi connectivity index (χ0v) is 15.8. The monoisotopic (exact) mass is 386 g/mol. The Hall–Kier alpha value is -0.790. The van der Waals surface area contributed by atoms with E-state index >= 15 is 0 Å². The van der Waals surface area contributed by atoms with E-state index in [1.54, 1.807) is 6.92 Å². The van der Waals surface area contributed by atoms with Gasteiger partial charge in [-0.3, -0.25) is 9.88 Å². The minimum absolute atomic E-state index is 0.265. The van der Waals surface area contributed by atoms with Crippen LogP contribution in [-0.4, -0.2) is 45.1 Å². The van der Waals surface area contributed by atoms with Crippen molar-refractivity contribution in [2.24, 2.45) is 5.41 Å². The van der Waals surface area contributed by atoms with Gasteiger partial charge in [-0.1, -0.05) is 11.2 Å². The van der Waals surface area contributed by atoms with Gasteiger partial charge in [0.2, 0.25) is 0 Å². The maximum atomic E-state index is 12.8. The first-order chi connectivity index (χ1) is 12.3. The minimum atomic E-state index is -4.33. The lowest BCUT2D eigenvalue weighted by molar-refractivity contribution is -0.137. The van der Waals surface area contributed by atoms with E-state index in [0.717, 1.165) is 68.6 Å². The lowest BCUT2D eigenvalue weighted by Gasteiger charge is -2.40. The Morgan fingerprint density at radius 3 is 2.50 bits per heavy atom. The normalized spacial score (nSPS) is 35.7. The van der Waals surface area contributed by atoms with Crippen LogP contribution in [0.5, 0.6) is 0 Å². The van der Waals surface area contributed by atoms with Crippen LogP contribution in [-0.2, 0) is 17.4 Å². The molecule has 0 unspecified atom stereocenters. The van der Waals surface area contributed by atoms with Gasteiger partial charge in [0.15, 0.2) is 0 Å². The second-order valence-electron chi connectivity index (χ2n) is 8.38. The average Bonchev–Trinajstić information content (AvgIpc) is 2.99. The smallest absolute Gasteiger partial charge is 0.417 e. The molecule has 0 N–H and O–H groups in total. The van der Waals surface area contributed by atoms with E-state index in [1.165, 1.54) is 6.07 Å². The van der Waals surface area contributed by atoms with Crippen molar-refractivity contribution in [1.82, 2.24) is 9.88 Å². The predicted molar refractivity (Wildman–Crippen MR) is 95.5 cm³/mol. The van der Waals surface area contributed by atoms with Crippen LogP contribution in [0.1, 0.15) is 54.8 Å². The number of hydrogen-bond acceptors (Lipinski definition) is 3. The summed E-state index contributed by atoms with van der Waals surface area (Å²) >= 11 is -0.598. The molecule has 0 atom stereocenters. The van der Waals surface area contributed by atoms with E-state index < -0.39 is 22.9 Å². The van der Waals surface area contributed by atoms with Crippen molar-refractivity contribution in [1.29, 1.82) is 0 Å². The SMILES string of the molecule is Cc1cc(C(F)(F)F)cnc1C1CCC(N2CCC3(C2)C[S+]([O-])C3)CC1. The molecule has 1 saturated carbocycles. The zero-order valence-electron chi connectivity index (χ0n) is 15.0. The summed E-state index contributed by atoms with van der Waals surface area (Å²) in [6.07, 6.45) is 1.94. The Morgan fingerprint density at radius 2 is 1.92 bits per heavy atom. The lowest BCUT2D eigenvalue weighted by Crippen LogP contribution is -2.51. The van der Waals surface area contributed by atoms with E-state index in [9.17, 15) is 17.7 Å². The molecule has 3 heterocycles. The largest absolute Gasteiger partial charge is 0.616 e. The fraction of sp³-hybridized carbons (Fsp3) is 0.737. The zero-order chi connectivity index (χ0) is 18.5. The molecule has 1 aromatic heterocycles. The van der Waals surface area contributed by atoms with Gasteiger partial charge >= 0.3 is 6.18 Å². The molecule has 2 aliphatic heterocycles. The third-order valence-electron chi connectivity index (χ3n) is 6.45. The summed E-state index contributed by atoms with van der Waals surface area (Å²) in [4.78, 5) is 6.75. The van der Waals surface area contributed by atoms with E-state index in [-0.39, 0.29) is 5.92 Å². The predicted octanol–water partition coefficient (Wildman–Crippen LogP) is 3.89. The molecular weight excluding hydrogens is 361 g/mol. The third kappa shape index (κ3) is 3.50. The van der Waals surface area contributed by atoms with Gasteiger partial charge in [-0.2, -0.15) is 13.2 Å². The topological polar surface area (TPSA) is 39.2 Å². The van der Waals surface area contributed by atoms with E-state index in [2.05, 4.69) is 9.88 Å². The molecule has 2 saturated heterocycles. The van der Waals surface area contributed by atoms with E-state index in [1.807, 2.05) is 0 Å². The summed E-state index contributed by atoms with van der Waals surface area (Å²) in [5, 5.41) is 0. The molecule has 3 aliphatic rings. The summed E-state index contributed by atoms with van der Waals surface area (Å²) in [5.74, 6) is 2.00. The molecular formula is C19H25F3N2OS. The fourth-order valence-electron chi connectivity index (χ4n) is 5.04. The molecule has 3 fully saturated rings. The number of rotatable bonds is 2. The van der Waals surface area contributed by atoms with Crippen LogP contribution in [0.15, 0.2) is 12.3 Å². The van der Waals surface area contributed by atoms with Crippen molar-refractivity contribution in [2.45, 2.75) is 57.2 Å². The van der Waals surface area contributed by atoms with Crippen LogP contribution in [0.2, 0.25) is 0 Å². The van der Waals surface area contributed by atoms with Crippen LogP contribution < -0.4 is 0 Å². The van der Waals surface area contributed by atoms with Gasteiger partial charge < -0.3 is 4.55 Å². The van der Waals surface area contributed by atoms with Gasteiger partial charge in [0.25, 0.3) is 0 Å². The summed E-state index contributed by atoms with van der Waals surface area (Å²) in [5.41, 5.74) is 1.14. The van der Waals surface area contributed by atoms with Crippen molar-refractivity contribution < 1.29 is 17.7 Å². The Balaban J connectivity index is 1.35. The summed E-state index contributed by atoms with van der Waals surface area (Å²) in [6, 6.07) is 1.80. The highest BCUT2D eigenvalue weighted by Crippen LogP contribution is 2.44. The first-order valence-corrected chi connectivity index (χ1v) is 10.9. The van der Waals surface area contributed by atoms with Crippen molar-refractivity contribution >= 4 is 11.2 Å². The molecule has 0 amide bonds. The molecule has 1 spiro atoms. The number of aromatic nitrogens is 1. The van der Waals surface area contributed by atoms with Gasteiger partial charge in [0, 0.05) is 30.4 Å². The highest BCUT2D eigenvalue weighted by atomic mass is 32.2. The second kappa shape index (κ2) is 6.67. The van der Waals surface area contributed by atoms with E-state index in [0.29, 0.717) is 17.0 Å². The Kier molecular flexibility index (Phi) is 4.77. The van der Waals surface area contributed by atoms with Crippen molar-refractivity contribution in [3.05, 3.63) is 29.1 Å². The standard InChI is InChI=1S/C19H25F3N2OS/c1-13-8-15(19(20,21)22)9-23-17(13)14-2-4-16(5-3-14)24-7-6-18(10-24)11-26(25)12-18/h8-9,14,16H,2-7,10-12H2,1H3. The average molecular weight is 386 g/mol. The van der Waals surface area contributed by atoms with Crippen LogP contribution in [0.4, 0.5) is 13.2 Å². The highest BCUT2D eigenvalue weighted by Gasteiger charge is 2.53. The Bertz CT molecular complexity index is 667. The second-order valence-corrected chi connectivity index (χ2v) is 9.84. The van der Waals surface area contributed by atoms with E-state index in [4.69, 9.17) is 0 Å². The van der Waals surface area contributed by atoms with Gasteiger partial charge in [-0.25, -0.2) is 0 Å². The Morgan fingerprint density at radius 1 is 1.23 bits per heavy atom. The van der Waals surface area contributed by atoms with Crippen molar-refractivity contribution in [3.8, 4) is 0 Å². The maximum Gasteiger partial charge on any atom is 0.417 e. The summed E-state index contributed by atoms with van der Waals surface area (Å²) < 4.78 is 49.9. The molecule has 7 heteroatoms. The van der Waals surface area contributed by atoms with Crippen LogP contribution in [0.25, 0.3) is 0 Å². The summed E-state index contributed by atoms with van der Waals surface area (Å²) in [7, 11) is 0. The molecule has 26 heavy (non-hydrogen) atoms. The molecule has 1 aliphatic carbocycles. The van der Waals surface area contributed by atoms with Gasteiger partial charge in [-0.15, -0.1) is 0 Å². The Labute approximate surface area is 155 Å². The number of aryl methyl sites for hydroxylation is 1. The molecule has 1 aromatic rings. The van der Waals surface area contributed by atoms with Gasteiger partial charge in [0.1, 0.15) is 11.5 Å². The first-order valence-electron chi connectivity index (χ1n) is 9.39. The van der Waals surface area contributed by atoms with Crippen LogP contribution in [0, 0.1) is 12.3 Å². The fourth-order valence-corrected chi connectivity index (χ4v) is 6.79. The molecule has 3 nitrogen and oxygen atoms in total. The molecule has 0 bridgehead atoms. The van der Waals surface area contributed by atoms with Crippen molar-refractivity contribution in [3.63, 3.8) is 0 Å². The van der Waals surface area contributed by atoms with Crippen molar-refractivity contribution in [2.75, 3.05) is 24.6 Å². The number of likely N-dealkylation sites (tertiary alicyclic amines) is 1. The highest BCUT2D eigenvalue weighted by molar-refractivity contribution is 7.92. The van der Waals surface area contributed by atoms with Crippen LogP contribution in [0.3, 0.4) is 0 Å². The number of pyridine rings is 1. The number of halogens is 3. The summed E-state index contributed by atoms with van der Waals surface area (Å²) in [6.45, 7) is 3.92. The maximum absolute atomic E-state index is 12.8. The first kappa shape index (κ1) is 18.6. The molecule has 144 valence electrons. The molecule has 0 aromatic carbocycles. The quantitative estimate of drug-likeness (QED) is 0.724. The lowest BCUT2D eigenvalue weighted by atomic mass is 9.82. The van der Waals surface area contributed by atoms with Gasteiger partial charge in [0.05, 0.1) is 11.0 Å². The van der Waals surface area contributed by atoms with Crippen LogP contribution >= 0.6 is 0 Å². The number of alkyl halides is 3. The third-order valence-corrected chi connectivity index (χ3v) is 8.32. The van der Waals surface area contributed by atoms with Gasteiger partial charge in [-0.05, 0) is 57.2 Å². The molecule has 4 rings (SSSR count). The minimum Gasteiger partial charge on any atom is -0.616 e. The number of nitrogens with zero attached hydrogens (tertiary/aromatic N) is 2. The molecule has 0 radical (unpaired) electrons.